The zero-order chi connectivity index (χ0) is 70.2. The third-order valence-electron chi connectivity index (χ3n) is 18.8. The molecule has 0 saturated carbocycles. The van der Waals surface area contributed by atoms with E-state index in [9.17, 15) is 81.7 Å². The fraction of sp³-hybridized carbons (Fsp3) is 0.389. The summed E-state index contributed by atoms with van der Waals surface area (Å²) in [5, 5.41) is 167. The Morgan fingerprint density at radius 3 is 0.660 bits per heavy atom. The lowest BCUT2D eigenvalue weighted by Crippen LogP contribution is -2.57. The normalized spacial score (nSPS) is 30.6. The fourth-order valence-corrected chi connectivity index (χ4v) is 17.5. The second kappa shape index (κ2) is 31.6. The molecule has 0 aliphatic carbocycles. The number of benzene rings is 4. The zero-order valence-electron chi connectivity index (χ0n) is 53.4. The van der Waals surface area contributed by atoms with Gasteiger partial charge in [0.05, 0.1) is 49.2 Å². The summed E-state index contributed by atoms with van der Waals surface area (Å²) in [5.41, 5.74) is 10.8. The van der Waals surface area contributed by atoms with E-state index in [1.165, 1.54) is 47.0 Å². The van der Waals surface area contributed by atoms with Gasteiger partial charge in [-0.25, -0.2) is 9.97 Å². The van der Waals surface area contributed by atoms with Gasteiger partial charge in [-0.15, -0.1) is 47.0 Å². The number of aliphatic hydroxyl groups is 16. The predicted molar refractivity (Wildman–Crippen MR) is 381 cm³/mol. The number of nitrogens with one attached hydrogen (secondary N) is 2. The Morgan fingerprint density at radius 1 is 0.270 bits per heavy atom. The molecule has 100 heavy (non-hydrogen) atoms. The van der Waals surface area contributed by atoms with E-state index in [-0.39, 0.29) is 0 Å². The van der Waals surface area contributed by atoms with Gasteiger partial charge in [0.1, 0.15) is 119 Å². The van der Waals surface area contributed by atoms with Crippen molar-refractivity contribution in [3.8, 4) is 44.5 Å². The molecule has 9 heterocycles. The van der Waals surface area contributed by atoms with Crippen LogP contribution in [0.4, 0.5) is 0 Å². The van der Waals surface area contributed by atoms with Gasteiger partial charge < -0.3 is 111 Å². The van der Waals surface area contributed by atoms with Crippen molar-refractivity contribution in [3.05, 3.63) is 166 Å². The average Bonchev–Trinajstić information content (AvgIpc) is 1.57. The van der Waals surface area contributed by atoms with Crippen molar-refractivity contribution in [2.75, 3.05) is 26.4 Å². The SMILES string of the molecule is OCC1OC(SCc2ccc(-c3c4nc(c(-c5ccc(CSC6OC(CO)C(O)C(O)C6O)cc5)c5ccc([nH]5)c(-c5ccc(CSC6OC(CO)C(O)C(O)C6O)cc5)c5nc(c(-c6ccc(CSC7OC(CO)C(O)C(O)C7O)cc6)c6ccc3[nH]6)C=C5)C=C4)cc2)C(O)C(O)C1O. The number of H-pyrrole nitrogens is 2. The number of nitrogens with zero attached hydrogens (tertiary/aromatic N) is 2. The first kappa shape index (κ1) is 72.4. The number of hydrogen-bond acceptors (Lipinski definition) is 26. The monoisotopic (exact) mass is 1450 g/mol. The summed E-state index contributed by atoms with van der Waals surface area (Å²) in [4.78, 5) is 18.5. The first-order chi connectivity index (χ1) is 48.3. The van der Waals surface area contributed by atoms with E-state index in [0.717, 1.165) is 66.8 Å². The minimum absolute atomic E-state index is 0.335. The summed E-state index contributed by atoms with van der Waals surface area (Å²) in [6, 6.07) is 39.2. The van der Waals surface area contributed by atoms with Crippen molar-refractivity contribution in [1.82, 2.24) is 19.9 Å². The topological polar surface area (TPSA) is 418 Å². The number of fused-ring (bicyclic) bond motifs is 8. The summed E-state index contributed by atoms with van der Waals surface area (Å²) in [6.07, 6.45) is -14.1. The number of rotatable bonds is 20. The largest absolute Gasteiger partial charge is 0.394 e. The molecule has 4 saturated heterocycles. The molecule has 6 aliphatic rings. The molecule has 4 fully saturated rings. The Labute approximate surface area is 590 Å². The van der Waals surface area contributed by atoms with Crippen molar-refractivity contribution >= 4 is 93.4 Å². The molecule has 28 heteroatoms. The van der Waals surface area contributed by atoms with Gasteiger partial charge in [0.2, 0.25) is 0 Å². The molecule has 0 radical (unpaired) electrons. The van der Waals surface area contributed by atoms with E-state index in [0.29, 0.717) is 67.9 Å². The lowest BCUT2D eigenvalue weighted by Gasteiger charge is -2.39. The number of ether oxygens (including phenoxy) is 4. The molecule has 530 valence electrons. The zero-order valence-corrected chi connectivity index (χ0v) is 56.6. The van der Waals surface area contributed by atoms with Gasteiger partial charge in [-0.1, -0.05) is 97.1 Å². The van der Waals surface area contributed by atoms with E-state index < -0.39 is 146 Å². The Balaban J connectivity index is 0.937. The lowest BCUT2D eigenvalue weighted by atomic mass is 10.0. The van der Waals surface area contributed by atoms with Crippen molar-refractivity contribution in [1.29, 1.82) is 0 Å². The van der Waals surface area contributed by atoms with E-state index in [1.54, 1.807) is 0 Å². The number of aromatic amines is 2. The van der Waals surface area contributed by atoms with Crippen LogP contribution in [0, 0.1) is 0 Å². The summed E-state index contributed by atoms with van der Waals surface area (Å²) in [7, 11) is 0. The maximum atomic E-state index is 10.9. The Bertz CT molecular complexity index is 3700. The third kappa shape index (κ3) is 14.9. The smallest absolute Gasteiger partial charge is 0.132 e. The standard InChI is InChI=1S/C72H78N4O20S4/c77-25-49-57(81)61(85)65(89)69(93-49)97-29-33-1-9-37(10-2-33)53-41-17-19-43(73-41)54(38-11-3-34(4-12-38)30-98-70-66(90)62(86)58(82)50(26-78)94-70)45-21-23-47(75-45)56(40-15-7-36(8-16-40)32-100-72-68(92)64(88)60(84)52(28-80)96-72)48-24-22-46(76-48)55(44-20-18-42(53)74-44)39-13-5-35(6-14-39)31-99-71-67(91)63(87)59(83)51(27-79)95-71/h1-24,49-52,57-73,76-92H,25-32H2. The Kier molecular flexibility index (Phi) is 22.9. The van der Waals surface area contributed by atoms with E-state index in [1.807, 2.05) is 146 Å². The second-order valence-electron chi connectivity index (χ2n) is 25.3. The van der Waals surface area contributed by atoms with E-state index in [4.69, 9.17) is 28.9 Å². The molecule has 24 nitrogen and oxygen atoms in total. The van der Waals surface area contributed by atoms with Crippen molar-refractivity contribution in [2.45, 2.75) is 142 Å². The van der Waals surface area contributed by atoms with Crippen LogP contribution in [0.3, 0.4) is 0 Å². The number of hydrogen-bond donors (Lipinski definition) is 18. The van der Waals surface area contributed by atoms with Crippen molar-refractivity contribution in [2.24, 2.45) is 0 Å². The van der Waals surface area contributed by atoms with Crippen LogP contribution < -0.4 is 0 Å². The van der Waals surface area contributed by atoms with Crippen LogP contribution in [0.15, 0.2) is 121 Å². The van der Waals surface area contributed by atoms with Crippen LogP contribution in [0.25, 0.3) is 90.9 Å². The van der Waals surface area contributed by atoms with E-state index in [2.05, 4.69) is 9.97 Å². The fourth-order valence-electron chi connectivity index (χ4n) is 13.0. The summed E-state index contributed by atoms with van der Waals surface area (Å²) < 4.78 is 23.2. The van der Waals surface area contributed by atoms with Crippen LogP contribution >= 0.6 is 47.0 Å². The Morgan fingerprint density at radius 2 is 0.470 bits per heavy atom. The van der Waals surface area contributed by atoms with Gasteiger partial charge >= 0.3 is 0 Å². The molecule has 0 amide bonds. The molecule has 13 rings (SSSR count). The predicted octanol–water partition coefficient (Wildman–Crippen LogP) is 3.46. The Hall–Kier alpha value is -5.92. The molecule has 7 aromatic rings. The molecule has 3 aromatic heterocycles. The minimum atomic E-state index is -1.52. The molecule has 18 N–H and O–H groups in total. The highest BCUT2D eigenvalue weighted by Crippen LogP contribution is 2.42. The summed E-state index contributed by atoms with van der Waals surface area (Å²) in [5.74, 6) is 1.34. The quantitative estimate of drug-likeness (QED) is 0.0519. The molecule has 6 aliphatic heterocycles. The third-order valence-corrected chi connectivity index (χ3v) is 23.6. The molecular formula is C72H78N4O20S4. The molecule has 20 unspecified atom stereocenters. The first-order valence-corrected chi connectivity index (χ1v) is 36.7. The van der Waals surface area contributed by atoms with Crippen LogP contribution in [0.5, 0.6) is 0 Å². The summed E-state index contributed by atoms with van der Waals surface area (Å²) >= 11 is 4.88. The maximum absolute atomic E-state index is 10.9. The number of thioether (sulfide) groups is 4. The second-order valence-corrected chi connectivity index (χ2v) is 29.7. The average molecular weight is 1450 g/mol. The highest BCUT2D eigenvalue weighted by molar-refractivity contribution is 7.99. The van der Waals surface area contributed by atoms with Gasteiger partial charge in [-0.3, -0.25) is 0 Å². The van der Waals surface area contributed by atoms with Crippen LogP contribution in [0.2, 0.25) is 0 Å². The molecule has 8 bridgehead atoms. The molecule has 4 aromatic carbocycles. The minimum Gasteiger partial charge on any atom is -0.394 e. The molecular weight excluding hydrogens is 1370 g/mol. The molecule has 0 spiro atoms. The van der Waals surface area contributed by atoms with E-state index >= 15 is 0 Å². The van der Waals surface area contributed by atoms with Crippen LogP contribution in [0.1, 0.15) is 45.0 Å². The van der Waals surface area contributed by atoms with Gasteiger partial charge in [0, 0.05) is 67.3 Å². The van der Waals surface area contributed by atoms with Gasteiger partial charge in [0.25, 0.3) is 0 Å². The van der Waals surface area contributed by atoms with Gasteiger partial charge in [-0.05, 0) is 93.1 Å². The van der Waals surface area contributed by atoms with Gasteiger partial charge in [0.15, 0.2) is 0 Å². The highest BCUT2D eigenvalue weighted by Gasteiger charge is 2.47. The van der Waals surface area contributed by atoms with Crippen LogP contribution in [-0.4, -0.2) is 247 Å². The van der Waals surface area contributed by atoms with Gasteiger partial charge in [-0.2, -0.15) is 0 Å². The molecule has 20 atom stereocenters. The van der Waals surface area contributed by atoms with Crippen molar-refractivity contribution in [3.63, 3.8) is 0 Å². The summed E-state index contributed by atoms with van der Waals surface area (Å²) in [6.45, 7) is -2.20. The number of aromatic nitrogens is 4. The number of aliphatic hydroxyl groups excluding tert-OH is 16. The first-order valence-electron chi connectivity index (χ1n) is 32.5. The lowest BCUT2D eigenvalue weighted by molar-refractivity contribution is -0.205. The highest BCUT2D eigenvalue weighted by atomic mass is 32.2. The van der Waals surface area contributed by atoms with Crippen LogP contribution in [-0.2, 0) is 42.0 Å². The maximum Gasteiger partial charge on any atom is 0.132 e. The van der Waals surface area contributed by atoms with Crippen molar-refractivity contribution < 1.29 is 101 Å².